The maximum atomic E-state index is 12.9. The average molecular weight is 548 g/mol. The molecule has 0 spiro atoms. The molecule has 3 aromatic rings. The zero-order valence-corrected chi connectivity index (χ0v) is 20.9. The number of nitrogens with one attached hydrogen (secondary N) is 1. The van der Waals surface area contributed by atoms with Crippen LogP contribution in [0.15, 0.2) is 53.0 Å². The Balaban J connectivity index is 1.51. The third kappa shape index (κ3) is 5.58. The van der Waals surface area contributed by atoms with Crippen LogP contribution in [0.25, 0.3) is 11.4 Å². The summed E-state index contributed by atoms with van der Waals surface area (Å²) in [6.07, 6.45) is -3.67. The molecule has 1 fully saturated rings. The molecular formula is C25H25BrF3N5O. The Kier molecular flexibility index (Phi) is 7.30. The normalized spacial score (nSPS) is 14.2. The summed E-state index contributed by atoms with van der Waals surface area (Å²) >= 11 is 3.44. The third-order valence-electron chi connectivity index (χ3n) is 6.00. The number of aromatic nitrogens is 2. The van der Waals surface area contributed by atoms with Crippen molar-refractivity contribution >= 4 is 33.5 Å². The van der Waals surface area contributed by atoms with Gasteiger partial charge in [0, 0.05) is 47.5 Å². The van der Waals surface area contributed by atoms with Gasteiger partial charge >= 0.3 is 12.2 Å². The van der Waals surface area contributed by atoms with Gasteiger partial charge in [-0.15, -0.1) is 0 Å². The summed E-state index contributed by atoms with van der Waals surface area (Å²) in [5.41, 5.74) is 2.31. The smallest absolute Gasteiger partial charge is 0.353 e. The second kappa shape index (κ2) is 10.2. The molecule has 0 saturated carbocycles. The van der Waals surface area contributed by atoms with Crippen LogP contribution in [0.2, 0.25) is 0 Å². The standard InChI is InChI=1S/C25H25BrF3N5O/c1-3-19-16(2)30-22(17-8-10-18(11-9-17)25(27,28)29)32-23(19)33-12-14-34(15-13-33)24(35)31-21-7-5-4-6-20(21)26/h4-11H,3,12-15H2,1-2H3,(H,31,35). The fourth-order valence-electron chi connectivity index (χ4n) is 4.07. The van der Waals surface area contributed by atoms with Crippen LogP contribution in [0.5, 0.6) is 0 Å². The number of carbonyl (C=O) groups is 1. The Bertz CT molecular complexity index is 1210. The van der Waals surface area contributed by atoms with E-state index >= 15 is 0 Å². The maximum absolute atomic E-state index is 12.9. The average Bonchev–Trinajstić information content (AvgIpc) is 2.84. The predicted molar refractivity (Wildman–Crippen MR) is 134 cm³/mol. The van der Waals surface area contributed by atoms with Crippen LogP contribution >= 0.6 is 15.9 Å². The number of anilines is 2. The molecule has 0 atom stereocenters. The zero-order chi connectivity index (χ0) is 25.2. The van der Waals surface area contributed by atoms with Gasteiger partial charge in [-0.25, -0.2) is 14.8 Å². The van der Waals surface area contributed by atoms with Gasteiger partial charge < -0.3 is 15.1 Å². The number of amides is 2. The van der Waals surface area contributed by atoms with Gasteiger partial charge in [0.1, 0.15) is 5.82 Å². The summed E-state index contributed by atoms with van der Waals surface area (Å²) < 4.78 is 39.7. The lowest BCUT2D eigenvalue weighted by molar-refractivity contribution is -0.137. The number of alkyl halides is 3. The number of urea groups is 1. The lowest BCUT2D eigenvalue weighted by Gasteiger charge is -2.36. The monoisotopic (exact) mass is 547 g/mol. The summed E-state index contributed by atoms with van der Waals surface area (Å²) in [6.45, 7) is 6.10. The summed E-state index contributed by atoms with van der Waals surface area (Å²) in [5.74, 6) is 1.15. The zero-order valence-electron chi connectivity index (χ0n) is 19.4. The van der Waals surface area contributed by atoms with E-state index in [1.807, 2.05) is 38.1 Å². The van der Waals surface area contributed by atoms with Gasteiger partial charge in [0.05, 0.1) is 11.3 Å². The Morgan fingerprint density at radius 3 is 2.29 bits per heavy atom. The number of aryl methyl sites for hydroxylation is 1. The van der Waals surface area contributed by atoms with E-state index in [0.717, 1.165) is 40.1 Å². The fourth-order valence-corrected chi connectivity index (χ4v) is 4.46. The molecule has 0 unspecified atom stereocenters. The Morgan fingerprint density at radius 1 is 1.03 bits per heavy atom. The van der Waals surface area contributed by atoms with Gasteiger partial charge in [0.15, 0.2) is 5.82 Å². The highest BCUT2D eigenvalue weighted by molar-refractivity contribution is 9.10. The molecule has 10 heteroatoms. The lowest BCUT2D eigenvalue weighted by atomic mass is 10.1. The molecule has 1 aliphatic rings. The van der Waals surface area contributed by atoms with Crippen LogP contribution in [0.1, 0.15) is 23.7 Å². The van der Waals surface area contributed by atoms with Gasteiger partial charge in [-0.3, -0.25) is 0 Å². The molecule has 2 heterocycles. The number of rotatable bonds is 4. The molecule has 0 bridgehead atoms. The van der Waals surface area contributed by atoms with E-state index in [-0.39, 0.29) is 6.03 Å². The first-order valence-electron chi connectivity index (χ1n) is 11.3. The van der Waals surface area contributed by atoms with Crippen LogP contribution < -0.4 is 10.2 Å². The molecule has 4 rings (SSSR count). The van der Waals surface area contributed by atoms with Gasteiger partial charge in [-0.05, 0) is 53.5 Å². The highest BCUT2D eigenvalue weighted by Crippen LogP contribution is 2.32. The van der Waals surface area contributed by atoms with Gasteiger partial charge in [0.2, 0.25) is 0 Å². The SMILES string of the molecule is CCc1c(C)nc(-c2ccc(C(F)(F)F)cc2)nc1N1CCN(C(=O)Nc2ccccc2Br)CC1. The minimum absolute atomic E-state index is 0.170. The van der Waals surface area contributed by atoms with Crippen molar-refractivity contribution in [3.8, 4) is 11.4 Å². The summed E-state index contributed by atoms with van der Waals surface area (Å²) in [5, 5.41) is 2.93. The number of nitrogens with zero attached hydrogens (tertiary/aromatic N) is 4. The fraction of sp³-hybridized carbons (Fsp3) is 0.320. The number of hydrogen-bond donors (Lipinski definition) is 1. The second-order valence-electron chi connectivity index (χ2n) is 8.25. The molecule has 1 N–H and O–H groups in total. The largest absolute Gasteiger partial charge is 0.416 e. The van der Waals surface area contributed by atoms with Crippen LogP contribution in [0.4, 0.5) is 29.5 Å². The van der Waals surface area contributed by atoms with E-state index < -0.39 is 11.7 Å². The lowest BCUT2D eigenvalue weighted by Crippen LogP contribution is -2.50. The van der Waals surface area contributed by atoms with Crippen LogP contribution in [-0.2, 0) is 12.6 Å². The number of halogens is 4. The second-order valence-corrected chi connectivity index (χ2v) is 9.10. The molecular weight excluding hydrogens is 523 g/mol. The summed E-state index contributed by atoms with van der Waals surface area (Å²) in [7, 11) is 0. The highest BCUT2D eigenvalue weighted by Gasteiger charge is 2.30. The van der Waals surface area contributed by atoms with Crippen LogP contribution in [0, 0.1) is 6.92 Å². The van der Waals surface area contributed by atoms with Crippen LogP contribution in [0.3, 0.4) is 0 Å². The molecule has 1 saturated heterocycles. The number of benzene rings is 2. The Hall–Kier alpha value is -3.14. The van der Waals surface area contributed by atoms with Crippen molar-refractivity contribution in [2.45, 2.75) is 26.4 Å². The summed E-state index contributed by atoms with van der Waals surface area (Å²) in [6, 6.07) is 12.2. The maximum Gasteiger partial charge on any atom is 0.416 e. The molecule has 2 amide bonds. The third-order valence-corrected chi connectivity index (χ3v) is 6.69. The number of piperazine rings is 1. The van der Waals surface area contributed by atoms with E-state index in [9.17, 15) is 18.0 Å². The topological polar surface area (TPSA) is 61.4 Å². The number of hydrogen-bond acceptors (Lipinski definition) is 4. The minimum Gasteiger partial charge on any atom is -0.353 e. The van der Waals surface area contributed by atoms with Crippen molar-refractivity contribution in [1.29, 1.82) is 0 Å². The molecule has 0 radical (unpaired) electrons. The minimum atomic E-state index is -4.39. The van der Waals surface area contributed by atoms with E-state index in [0.29, 0.717) is 43.3 Å². The van der Waals surface area contributed by atoms with Crippen molar-refractivity contribution in [3.63, 3.8) is 0 Å². The van der Waals surface area contributed by atoms with Crippen molar-refractivity contribution in [2.75, 3.05) is 36.4 Å². The first kappa shape index (κ1) is 25.0. The molecule has 0 aliphatic carbocycles. The van der Waals surface area contributed by atoms with Gasteiger partial charge in [0.25, 0.3) is 0 Å². The quantitative estimate of drug-likeness (QED) is 0.425. The number of carbonyl (C=O) groups excluding carboxylic acids is 1. The van der Waals surface area contributed by atoms with Gasteiger partial charge in [-0.2, -0.15) is 13.2 Å². The van der Waals surface area contributed by atoms with Crippen molar-refractivity contribution in [3.05, 3.63) is 69.8 Å². The first-order valence-corrected chi connectivity index (χ1v) is 12.1. The van der Waals surface area contributed by atoms with Crippen molar-refractivity contribution < 1.29 is 18.0 Å². The van der Waals surface area contributed by atoms with E-state index in [4.69, 9.17) is 4.98 Å². The van der Waals surface area contributed by atoms with E-state index in [2.05, 4.69) is 31.1 Å². The van der Waals surface area contributed by atoms with Crippen LogP contribution in [-0.4, -0.2) is 47.1 Å². The number of para-hydroxylation sites is 1. The van der Waals surface area contributed by atoms with E-state index in [1.165, 1.54) is 12.1 Å². The molecule has 1 aromatic heterocycles. The molecule has 35 heavy (non-hydrogen) atoms. The van der Waals surface area contributed by atoms with Crippen molar-refractivity contribution in [1.82, 2.24) is 14.9 Å². The molecule has 6 nitrogen and oxygen atoms in total. The molecule has 1 aliphatic heterocycles. The summed E-state index contributed by atoms with van der Waals surface area (Å²) in [4.78, 5) is 25.9. The predicted octanol–water partition coefficient (Wildman–Crippen LogP) is 6.15. The Labute approximate surface area is 210 Å². The van der Waals surface area contributed by atoms with Crippen molar-refractivity contribution in [2.24, 2.45) is 0 Å². The van der Waals surface area contributed by atoms with E-state index in [1.54, 1.807) is 4.90 Å². The Morgan fingerprint density at radius 2 is 1.69 bits per heavy atom. The highest BCUT2D eigenvalue weighted by atomic mass is 79.9. The molecule has 2 aromatic carbocycles. The molecule has 184 valence electrons. The first-order chi connectivity index (χ1) is 16.7. The van der Waals surface area contributed by atoms with Gasteiger partial charge in [-0.1, -0.05) is 31.2 Å².